The first-order valence-electron chi connectivity index (χ1n) is 9.15. The van der Waals surface area contributed by atoms with E-state index < -0.39 is 5.54 Å². The Bertz CT molecular complexity index is 837. The van der Waals surface area contributed by atoms with Crippen LogP contribution in [-0.4, -0.2) is 22.0 Å². The van der Waals surface area contributed by atoms with E-state index in [2.05, 4.69) is 27.4 Å². The third kappa shape index (κ3) is 4.24. The van der Waals surface area contributed by atoms with Gasteiger partial charge in [0.25, 0.3) is 5.91 Å². The van der Waals surface area contributed by atoms with Crippen LogP contribution < -0.4 is 10.6 Å². The third-order valence-corrected chi connectivity index (χ3v) is 4.92. The fraction of sp³-hybridized carbons (Fsp3) is 0.400. The van der Waals surface area contributed by atoms with Gasteiger partial charge in [-0.25, -0.2) is 0 Å². The Morgan fingerprint density at radius 3 is 2.67 bits per heavy atom. The molecule has 1 aliphatic carbocycles. The molecule has 1 heterocycles. The van der Waals surface area contributed by atoms with Crippen LogP contribution in [0.5, 0.6) is 0 Å². The molecule has 0 atom stereocenters. The highest BCUT2D eigenvalue weighted by molar-refractivity contribution is 5.96. The van der Waals surface area contributed by atoms with Crippen LogP contribution in [-0.2, 0) is 16.9 Å². The highest BCUT2D eigenvalue weighted by Crippen LogP contribution is 2.36. The van der Waals surface area contributed by atoms with Gasteiger partial charge in [0.1, 0.15) is 5.54 Å². The van der Waals surface area contributed by atoms with Crippen LogP contribution in [0.15, 0.2) is 41.4 Å². The molecule has 0 aliphatic heterocycles. The molecule has 0 unspecified atom stereocenters. The van der Waals surface area contributed by atoms with Gasteiger partial charge in [0.2, 0.25) is 11.8 Å². The molecular weight excluding hydrogens is 344 g/mol. The number of carbonyl (C=O) groups excluding carboxylic acids is 2. The Labute approximate surface area is 158 Å². The quantitative estimate of drug-likeness (QED) is 0.764. The first-order chi connectivity index (χ1) is 13.0. The van der Waals surface area contributed by atoms with E-state index in [-0.39, 0.29) is 18.4 Å². The van der Waals surface area contributed by atoms with E-state index in [9.17, 15) is 9.59 Å². The number of aromatic nitrogens is 2. The van der Waals surface area contributed by atoms with Crippen LogP contribution in [0.2, 0.25) is 0 Å². The largest absolute Gasteiger partial charge is 0.348 e. The number of amides is 2. The van der Waals surface area contributed by atoms with Crippen LogP contribution in [0.25, 0.3) is 0 Å². The molecule has 1 aromatic carbocycles. The van der Waals surface area contributed by atoms with Gasteiger partial charge in [-0.2, -0.15) is 4.98 Å². The molecule has 1 fully saturated rings. The number of benzene rings is 1. The van der Waals surface area contributed by atoms with Gasteiger partial charge in [-0.1, -0.05) is 49.2 Å². The van der Waals surface area contributed by atoms with Crippen molar-refractivity contribution in [1.29, 1.82) is 0 Å². The van der Waals surface area contributed by atoms with Gasteiger partial charge in [-0.15, -0.1) is 0 Å². The average molecular weight is 368 g/mol. The molecule has 0 saturated heterocycles. The van der Waals surface area contributed by atoms with Crippen molar-refractivity contribution in [3.8, 4) is 0 Å². The van der Waals surface area contributed by atoms with Gasteiger partial charge >= 0.3 is 0 Å². The molecule has 0 bridgehead atoms. The van der Waals surface area contributed by atoms with E-state index in [0.717, 1.165) is 37.7 Å². The third-order valence-electron chi connectivity index (χ3n) is 4.92. The summed E-state index contributed by atoms with van der Waals surface area (Å²) in [7, 11) is 0. The lowest BCUT2D eigenvalue weighted by molar-refractivity contribution is -0.116. The van der Waals surface area contributed by atoms with E-state index >= 15 is 0 Å². The van der Waals surface area contributed by atoms with Gasteiger partial charge in [0, 0.05) is 19.0 Å². The molecule has 0 radical (unpaired) electrons. The van der Waals surface area contributed by atoms with Gasteiger partial charge in [-0.05, 0) is 30.5 Å². The topological polar surface area (TPSA) is 97.1 Å². The molecule has 2 aromatic rings. The standard InChI is InChI=1S/C20H24N4O3/c1-3-17(25)21-13-15-9-5-6-10-16(15)18(26)23-20(11-7-4-8-12-20)19-22-14(2)27-24-19/h3,5-6,9-10H,1,4,7-8,11-13H2,2H3,(H,21,25)(H,23,26). The van der Waals surface area contributed by atoms with Gasteiger partial charge in [0.15, 0.2) is 5.82 Å². The predicted octanol–water partition coefficient (Wildman–Crippen LogP) is 2.77. The van der Waals surface area contributed by atoms with Crippen LogP contribution in [0, 0.1) is 6.92 Å². The lowest BCUT2D eigenvalue weighted by Gasteiger charge is -2.35. The van der Waals surface area contributed by atoms with Crippen molar-refractivity contribution in [3.63, 3.8) is 0 Å². The monoisotopic (exact) mass is 368 g/mol. The Hall–Kier alpha value is -2.96. The van der Waals surface area contributed by atoms with Crippen molar-refractivity contribution in [2.24, 2.45) is 0 Å². The van der Waals surface area contributed by atoms with Crippen molar-refractivity contribution in [2.75, 3.05) is 0 Å². The van der Waals surface area contributed by atoms with Crippen molar-refractivity contribution in [2.45, 2.75) is 51.1 Å². The maximum Gasteiger partial charge on any atom is 0.252 e. The number of nitrogens with zero attached hydrogens (tertiary/aromatic N) is 2. The second-order valence-electron chi connectivity index (χ2n) is 6.81. The van der Waals surface area contributed by atoms with Crippen molar-refractivity contribution >= 4 is 11.8 Å². The number of aryl methyl sites for hydroxylation is 1. The smallest absolute Gasteiger partial charge is 0.252 e. The fourth-order valence-electron chi connectivity index (χ4n) is 3.49. The van der Waals surface area contributed by atoms with E-state index in [1.54, 1.807) is 19.1 Å². The molecule has 142 valence electrons. The summed E-state index contributed by atoms with van der Waals surface area (Å²) in [6.45, 7) is 5.43. The molecule has 1 saturated carbocycles. The number of hydrogen-bond donors (Lipinski definition) is 2. The zero-order valence-electron chi connectivity index (χ0n) is 15.5. The normalized spacial score (nSPS) is 15.7. The fourth-order valence-corrected chi connectivity index (χ4v) is 3.49. The first-order valence-corrected chi connectivity index (χ1v) is 9.15. The Kier molecular flexibility index (Phi) is 5.69. The maximum absolute atomic E-state index is 13.1. The van der Waals surface area contributed by atoms with Crippen molar-refractivity contribution in [3.05, 3.63) is 59.8 Å². The van der Waals surface area contributed by atoms with Crippen LogP contribution >= 0.6 is 0 Å². The molecule has 3 rings (SSSR count). The van der Waals surface area contributed by atoms with Crippen molar-refractivity contribution < 1.29 is 14.1 Å². The molecular formula is C20H24N4O3. The SMILES string of the molecule is C=CC(=O)NCc1ccccc1C(=O)NC1(c2noc(C)n2)CCCCC1. The second kappa shape index (κ2) is 8.16. The second-order valence-corrected chi connectivity index (χ2v) is 6.81. The first kappa shape index (κ1) is 18.8. The van der Waals surface area contributed by atoms with E-state index in [4.69, 9.17) is 4.52 Å². The summed E-state index contributed by atoms with van der Waals surface area (Å²) < 4.78 is 5.16. The Balaban J connectivity index is 1.84. The highest BCUT2D eigenvalue weighted by atomic mass is 16.5. The molecule has 0 spiro atoms. The molecule has 7 nitrogen and oxygen atoms in total. The van der Waals surface area contributed by atoms with Gasteiger partial charge < -0.3 is 15.2 Å². The molecule has 2 N–H and O–H groups in total. The number of carbonyl (C=O) groups is 2. The van der Waals surface area contributed by atoms with Crippen molar-refractivity contribution in [1.82, 2.24) is 20.8 Å². The summed E-state index contributed by atoms with van der Waals surface area (Å²) in [5.41, 5.74) is 0.636. The molecule has 2 amide bonds. The Morgan fingerprint density at radius 1 is 1.26 bits per heavy atom. The van der Waals surface area contributed by atoms with E-state index in [1.165, 1.54) is 6.08 Å². The number of nitrogens with one attached hydrogen (secondary N) is 2. The molecule has 7 heteroatoms. The zero-order chi connectivity index (χ0) is 19.3. The number of hydrogen-bond acceptors (Lipinski definition) is 5. The summed E-state index contributed by atoms with van der Waals surface area (Å²) in [4.78, 5) is 29.0. The summed E-state index contributed by atoms with van der Waals surface area (Å²) in [5, 5.41) is 9.96. The lowest BCUT2D eigenvalue weighted by Crippen LogP contribution is -2.48. The average Bonchev–Trinajstić information content (AvgIpc) is 3.14. The minimum absolute atomic E-state index is 0.206. The van der Waals surface area contributed by atoms with Crippen LogP contribution in [0.3, 0.4) is 0 Å². The highest BCUT2D eigenvalue weighted by Gasteiger charge is 2.40. The summed E-state index contributed by atoms with van der Waals surface area (Å²) in [6.07, 6.45) is 5.85. The summed E-state index contributed by atoms with van der Waals surface area (Å²) >= 11 is 0. The molecule has 27 heavy (non-hydrogen) atoms. The lowest BCUT2D eigenvalue weighted by atomic mass is 9.80. The molecule has 1 aliphatic rings. The maximum atomic E-state index is 13.1. The van der Waals surface area contributed by atoms with Crippen LogP contribution in [0.1, 0.15) is 59.7 Å². The summed E-state index contributed by atoms with van der Waals surface area (Å²) in [6, 6.07) is 7.22. The zero-order valence-corrected chi connectivity index (χ0v) is 15.5. The van der Waals surface area contributed by atoms with Crippen LogP contribution in [0.4, 0.5) is 0 Å². The minimum Gasteiger partial charge on any atom is -0.348 e. The Morgan fingerprint density at radius 2 is 2.00 bits per heavy atom. The predicted molar refractivity (Wildman–Crippen MR) is 99.7 cm³/mol. The van der Waals surface area contributed by atoms with Gasteiger partial charge in [0.05, 0.1) is 0 Å². The summed E-state index contributed by atoms with van der Waals surface area (Å²) in [5.74, 6) is 0.529. The molecule has 1 aromatic heterocycles. The van der Waals surface area contributed by atoms with E-state index in [0.29, 0.717) is 17.3 Å². The van der Waals surface area contributed by atoms with Gasteiger partial charge in [-0.3, -0.25) is 9.59 Å². The number of rotatable bonds is 6. The minimum atomic E-state index is -0.620. The van der Waals surface area contributed by atoms with E-state index in [1.807, 2.05) is 12.1 Å².